The van der Waals surface area contributed by atoms with E-state index in [1.165, 1.54) is 31.0 Å². The van der Waals surface area contributed by atoms with Crippen LogP contribution in [0.3, 0.4) is 0 Å². The Morgan fingerprint density at radius 1 is 1.25 bits per heavy atom. The lowest BCUT2D eigenvalue weighted by Gasteiger charge is -2.24. The van der Waals surface area contributed by atoms with Gasteiger partial charge in [-0.2, -0.15) is 5.10 Å². The Balaban J connectivity index is 1.62. The number of carbonyl (C=O) groups excluding carboxylic acids is 1. The maximum Gasteiger partial charge on any atom is 0.238 e. The van der Waals surface area contributed by atoms with Crippen LogP contribution >= 0.6 is 23.4 Å². The molecule has 1 aromatic carbocycles. The van der Waals surface area contributed by atoms with Crippen LogP contribution in [0, 0.1) is 0 Å². The van der Waals surface area contributed by atoms with Gasteiger partial charge in [-0.15, -0.1) is 11.8 Å². The normalized spacial score (nSPS) is 16.8. The third kappa shape index (κ3) is 4.33. The van der Waals surface area contributed by atoms with E-state index in [1.54, 1.807) is 6.20 Å². The van der Waals surface area contributed by atoms with Crippen LogP contribution in [-0.2, 0) is 4.79 Å². The minimum absolute atomic E-state index is 0.00694. The second-order valence-electron chi connectivity index (χ2n) is 6.16. The zero-order valence-corrected chi connectivity index (χ0v) is 15.3. The average Bonchev–Trinajstić information content (AvgIpc) is 3.05. The SMILES string of the molecule is CC(Sc1ccc(Cl)cc1)C(=O)Nc1ccnn1C1CCCCC1. The van der Waals surface area contributed by atoms with Gasteiger partial charge >= 0.3 is 0 Å². The summed E-state index contributed by atoms with van der Waals surface area (Å²) >= 11 is 7.42. The van der Waals surface area contributed by atoms with Crippen molar-refractivity contribution < 1.29 is 4.79 Å². The van der Waals surface area contributed by atoms with Crippen LogP contribution in [-0.4, -0.2) is 20.9 Å². The van der Waals surface area contributed by atoms with E-state index in [-0.39, 0.29) is 11.2 Å². The van der Waals surface area contributed by atoms with Crippen LogP contribution in [0.15, 0.2) is 41.4 Å². The highest BCUT2D eigenvalue weighted by Gasteiger charge is 2.21. The van der Waals surface area contributed by atoms with E-state index in [0.29, 0.717) is 11.1 Å². The van der Waals surface area contributed by atoms with E-state index in [9.17, 15) is 4.79 Å². The van der Waals surface area contributed by atoms with Crippen molar-refractivity contribution in [3.8, 4) is 0 Å². The minimum Gasteiger partial charge on any atom is -0.310 e. The van der Waals surface area contributed by atoms with Crippen molar-refractivity contribution in [1.82, 2.24) is 9.78 Å². The summed E-state index contributed by atoms with van der Waals surface area (Å²) in [5.41, 5.74) is 0. The lowest BCUT2D eigenvalue weighted by molar-refractivity contribution is -0.115. The highest BCUT2D eigenvalue weighted by molar-refractivity contribution is 8.00. The van der Waals surface area contributed by atoms with Crippen molar-refractivity contribution in [2.24, 2.45) is 0 Å². The Bertz CT molecular complexity index is 680. The molecule has 0 aliphatic heterocycles. The number of thioether (sulfide) groups is 1. The van der Waals surface area contributed by atoms with Crippen molar-refractivity contribution >= 4 is 35.1 Å². The lowest BCUT2D eigenvalue weighted by Crippen LogP contribution is -2.25. The molecule has 1 aliphatic rings. The molecule has 2 aromatic rings. The smallest absolute Gasteiger partial charge is 0.238 e. The van der Waals surface area contributed by atoms with Crippen molar-refractivity contribution in [2.45, 2.75) is 55.2 Å². The Labute approximate surface area is 152 Å². The molecular weight excluding hydrogens is 342 g/mol. The molecule has 4 nitrogen and oxygen atoms in total. The molecule has 0 radical (unpaired) electrons. The molecule has 1 heterocycles. The molecule has 24 heavy (non-hydrogen) atoms. The molecule has 0 spiro atoms. The molecule has 1 fully saturated rings. The molecule has 0 bridgehead atoms. The van der Waals surface area contributed by atoms with Crippen molar-refractivity contribution in [1.29, 1.82) is 0 Å². The van der Waals surface area contributed by atoms with Crippen LogP contribution in [0.25, 0.3) is 0 Å². The van der Waals surface area contributed by atoms with E-state index < -0.39 is 0 Å². The Hall–Kier alpha value is -1.46. The fourth-order valence-corrected chi connectivity index (χ4v) is 4.02. The van der Waals surface area contributed by atoms with Crippen LogP contribution in [0.5, 0.6) is 0 Å². The van der Waals surface area contributed by atoms with Gasteiger partial charge in [0.15, 0.2) is 0 Å². The summed E-state index contributed by atoms with van der Waals surface area (Å²) in [4.78, 5) is 13.5. The highest BCUT2D eigenvalue weighted by Crippen LogP contribution is 2.30. The first-order chi connectivity index (χ1) is 11.6. The Morgan fingerprint density at radius 2 is 1.96 bits per heavy atom. The molecular formula is C18H22ClN3OS. The van der Waals surface area contributed by atoms with Crippen LogP contribution in [0.1, 0.15) is 45.1 Å². The molecule has 0 saturated heterocycles. The number of halogens is 1. The van der Waals surface area contributed by atoms with Crippen LogP contribution < -0.4 is 5.32 Å². The van der Waals surface area contributed by atoms with Gasteiger partial charge in [0.25, 0.3) is 0 Å². The first kappa shape index (κ1) is 17.4. The number of carbonyl (C=O) groups is 1. The maximum absolute atomic E-state index is 12.5. The van der Waals surface area contributed by atoms with Gasteiger partial charge in [0.1, 0.15) is 5.82 Å². The standard InChI is InChI=1S/C18H22ClN3OS/c1-13(24-16-9-7-14(19)8-10-16)18(23)21-17-11-12-20-22(17)15-5-3-2-4-6-15/h7-13,15H,2-6H2,1H3,(H,21,23). The number of hydrogen-bond donors (Lipinski definition) is 1. The van der Waals surface area contributed by atoms with Gasteiger partial charge in [0.2, 0.25) is 5.91 Å². The fourth-order valence-electron chi connectivity index (χ4n) is 3.03. The number of anilines is 1. The Kier molecular flexibility index (Phi) is 5.85. The number of rotatable bonds is 5. The van der Waals surface area contributed by atoms with Crippen molar-refractivity contribution in [2.75, 3.05) is 5.32 Å². The summed E-state index contributed by atoms with van der Waals surface area (Å²) in [5, 5.41) is 7.97. The van der Waals surface area contributed by atoms with E-state index >= 15 is 0 Å². The third-order valence-electron chi connectivity index (χ3n) is 4.34. The summed E-state index contributed by atoms with van der Waals surface area (Å²) in [6.45, 7) is 1.91. The Morgan fingerprint density at radius 3 is 2.67 bits per heavy atom. The summed E-state index contributed by atoms with van der Waals surface area (Å²) in [7, 11) is 0. The topological polar surface area (TPSA) is 46.9 Å². The third-order valence-corrected chi connectivity index (χ3v) is 5.70. The summed E-state index contributed by atoms with van der Waals surface area (Å²) < 4.78 is 1.98. The monoisotopic (exact) mass is 363 g/mol. The van der Waals surface area contributed by atoms with E-state index in [2.05, 4.69) is 10.4 Å². The van der Waals surface area contributed by atoms with E-state index in [4.69, 9.17) is 11.6 Å². The van der Waals surface area contributed by atoms with Gasteiger partial charge in [0, 0.05) is 16.0 Å². The minimum atomic E-state index is -0.194. The second-order valence-corrected chi connectivity index (χ2v) is 8.01. The van der Waals surface area contributed by atoms with Gasteiger partial charge in [-0.3, -0.25) is 4.79 Å². The van der Waals surface area contributed by atoms with E-state index in [0.717, 1.165) is 23.6 Å². The molecule has 1 saturated carbocycles. The predicted octanol–water partition coefficient (Wildman–Crippen LogP) is 5.16. The number of nitrogens with zero attached hydrogens (tertiary/aromatic N) is 2. The van der Waals surface area contributed by atoms with Crippen LogP contribution in [0.4, 0.5) is 5.82 Å². The van der Waals surface area contributed by atoms with E-state index in [1.807, 2.05) is 41.9 Å². The number of nitrogens with one attached hydrogen (secondary N) is 1. The molecule has 1 atom stereocenters. The first-order valence-corrected chi connectivity index (χ1v) is 9.66. The number of amides is 1. The molecule has 1 unspecified atom stereocenters. The number of benzene rings is 1. The van der Waals surface area contributed by atoms with Crippen molar-refractivity contribution in [3.63, 3.8) is 0 Å². The van der Waals surface area contributed by atoms with Gasteiger partial charge in [-0.05, 0) is 44.0 Å². The molecule has 1 aliphatic carbocycles. The lowest BCUT2D eigenvalue weighted by atomic mass is 9.96. The summed E-state index contributed by atoms with van der Waals surface area (Å²) in [5.74, 6) is 0.794. The number of aromatic nitrogens is 2. The predicted molar refractivity (Wildman–Crippen MR) is 99.7 cm³/mol. The molecule has 128 valence electrons. The number of hydrogen-bond acceptors (Lipinski definition) is 3. The second kappa shape index (κ2) is 8.08. The first-order valence-electron chi connectivity index (χ1n) is 8.40. The zero-order chi connectivity index (χ0) is 16.9. The maximum atomic E-state index is 12.5. The molecule has 6 heteroatoms. The molecule has 3 rings (SSSR count). The largest absolute Gasteiger partial charge is 0.310 e. The highest BCUT2D eigenvalue weighted by atomic mass is 35.5. The van der Waals surface area contributed by atoms with Crippen molar-refractivity contribution in [3.05, 3.63) is 41.6 Å². The van der Waals surface area contributed by atoms with Gasteiger partial charge < -0.3 is 5.32 Å². The molecule has 1 N–H and O–H groups in total. The quantitative estimate of drug-likeness (QED) is 0.746. The van der Waals surface area contributed by atoms with Gasteiger partial charge in [0.05, 0.1) is 17.5 Å². The fraction of sp³-hybridized carbons (Fsp3) is 0.444. The molecule has 1 amide bonds. The summed E-state index contributed by atoms with van der Waals surface area (Å²) in [6.07, 6.45) is 7.82. The van der Waals surface area contributed by atoms with Gasteiger partial charge in [-0.25, -0.2) is 4.68 Å². The summed E-state index contributed by atoms with van der Waals surface area (Å²) in [6, 6.07) is 9.83. The zero-order valence-electron chi connectivity index (χ0n) is 13.7. The average molecular weight is 364 g/mol. The van der Waals surface area contributed by atoms with Gasteiger partial charge in [-0.1, -0.05) is 30.9 Å². The van der Waals surface area contributed by atoms with Crippen LogP contribution in [0.2, 0.25) is 5.02 Å². The molecule has 1 aromatic heterocycles.